The minimum Gasteiger partial charge on any atom is -0.478 e. The van der Waals surface area contributed by atoms with Gasteiger partial charge in [0.05, 0.1) is 16.6 Å². The summed E-state index contributed by atoms with van der Waals surface area (Å²) in [6, 6.07) is 8.17. The Morgan fingerprint density at radius 3 is 2.52 bits per heavy atom. The summed E-state index contributed by atoms with van der Waals surface area (Å²) in [5.74, 6) is -1.56. The first-order valence-electron chi connectivity index (χ1n) is 13.1. The van der Waals surface area contributed by atoms with Crippen LogP contribution in [-0.4, -0.2) is 66.9 Å². The normalized spacial score (nSPS) is 15.1. The highest BCUT2D eigenvalue weighted by Crippen LogP contribution is 2.25. The van der Waals surface area contributed by atoms with Crippen LogP contribution in [-0.2, 0) is 14.8 Å². The maximum Gasteiger partial charge on any atom is 0.345 e. The number of nitrogens with zero attached hydrogens (tertiary/aromatic N) is 2. The quantitative estimate of drug-likeness (QED) is 0.150. The van der Waals surface area contributed by atoms with Crippen molar-refractivity contribution in [1.82, 2.24) is 30.9 Å². The van der Waals surface area contributed by atoms with Crippen molar-refractivity contribution in [2.24, 2.45) is 4.99 Å². The van der Waals surface area contributed by atoms with Gasteiger partial charge >= 0.3 is 5.97 Å². The average Bonchev–Trinajstić information content (AvgIpc) is 3.36. The highest BCUT2D eigenvalue weighted by atomic mass is 32.2. The molecule has 0 spiro atoms. The van der Waals surface area contributed by atoms with E-state index in [4.69, 9.17) is 0 Å². The number of fused-ring (bicyclic) bond motifs is 1. The number of nitrogens with one attached hydrogen (secondary N) is 5. The number of unbranched alkanes of at least 4 members (excludes halogenated alkanes) is 1. The van der Waals surface area contributed by atoms with Crippen LogP contribution in [0.15, 0.2) is 46.4 Å². The number of carboxylic acid groups (broad SMARTS) is 1. The molecule has 4 rings (SSSR count). The minimum atomic E-state index is -4.36. The first-order chi connectivity index (χ1) is 19.0. The molecule has 1 aromatic heterocycles. The number of rotatable bonds is 11. The molecule has 2 heterocycles. The van der Waals surface area contributed by atoms with Gasteiger partial charge in [-0.1, -0.05) is 17.7 Å². The van der Waals surface area contributed by atoms with Crippen LogP contribution in [0.5, 0.6) is 0 Å². The summed E-state index contributed by atoms with van der Waals surface area (Å²) in [4.78, 5) is 30.5. The molecule has 0 saturated carbocycles. The molecule has 0 fully saturated rings. The number of H-pyrrole nitrogens is 1. The van der Waals surface area contributed by atoms with Crippen LogP contribution < -0.4 is 20.7 Å². The molecule has 40 heavy (non-hydrogen) atoms. The van der Waals surface area contributed by atoms with Gasteiger partial charge < -0.3 is 21.1 Å². The molecule has 0 radical (unpaired) electrons. The summed E-state index contributed by atoms with van der Waals surface area (Å²) in [6.45, 7) is 7.21. The summed E-state index contributed by atoms with van der Waals surface area (Å²) in [7, 11) is -4.36. The number of sulfonamides is 1. The third-order valence-corrected chi connectivity index (χ3v) is 8.54. The maximum atomic E-state index is 13.7. The highest BCUT2D eigenvalue weighted by Gasteiger charge is 2.44. The monoisotopic (exact) mass is 569 g/mol. The molecule has 0 saturated heterocycles. The standard InChI is InChI=1S/C27H35N7O5S/c1-17-13-18(2)23(19(3)14-17)40(38,39)34-27(25(36)37,9-4-5-10-28-26-29-11-6-12-30-26)32-24(35)20-7-8-22-21(15-20)16-31-33-22/h7-8,13-16,34H,4-6,9-12H2,1-3H3,(H,31,33)(H,32,35)(H,36,37)(H2,28,29,30)/t27-/m0/s1. The van der Waals surface area contributed by atoms with Gasteiger partial charge in [-0.2, -0.15) is 9.82 Å². The fraction of sp³-hybridized carbons (Fsp3) is 0.407. The SMILES string of the molecule is Cc1cc(C)c(S(=O)(=O)N[C@](CCCCNC2=NCCCN2)(NC(=O)c2ccc3[nH]ncc3c2)C(=O)O)c(C)c1. The number of hydrogen-bond acceptors (Lipinski definition) is 8. The van der Waals surface area contributed by atoms with Gasteiger partial charge in [-0.15, -0.1) is 0 Å². The molecule has 12 nitrogen and oxygen atoms in total. The van der Waals surface area contributed by atoms with Crippen molar-refractivity contribution in [2.75, 3.05) is 19.6 Å². The van der Waals surface area contributed by atoms with E-state index in [1.54, 1.807) is 44.3 Å². The van der Waals surface area contributed by atoms with Gasteiger partial charge in [-0.3, -0.25) is 14.9 Å². The molecule has 1 amide bonds. The Morgan fingerprint density at radius 1 is 1.10 bits per heavy atom. The fourth-order valence-corrected chi connectivity index (χ4v) is 6.70. The molecule has 0 unspecified atom stereocenters. The molecule has 1 aliphatic rings. The number of aliphatic imine (C=N–C) groups is 1. The van der Waals surface area contributed by atoms with E-state index in [0.717, 1.165) is 25.1 Å². The number of benzene rings is 2. The molecule has 1 aliphatic heterocycles. The molecule has 2 aromatic carbocycles. The lowest BCUT2D eigenvalue weighted by Crippen LogP contribution is -2.65. The van der Waals surface area contributed by atoms with E-state index in [1.165, 1.54) is 6.07 Å². The van der Waals surface area contributed by atoms with E-state index >= 15 is 0 Å². The summed E-state index contributed by atoms with van der Waals surface area (Å²) < 4.78 is 29.7. The maximum absolute atomic E-state index is 13.7. The zero-order chi connectivity index (χ0) is 28.9. The van der Waals surface area contributed by atoms with Crippen molar-refractivity contribution in [3.8, 4) is 0 Å². The van der Waals surface area contributed by atoms with Crippen LogP contribution in [0.2, 0.25) is 0 Å². The number of amides is 1. The van der Waals surface area contributed by atoms with Gasteiger partial charge in [-0.05, 0) is 75.8 Å². The summed E-state index contributed by atoms with van der Waals surface area (Å²) in [5.41, 5.74) is 0.412. The molecule has 0 bridgehead atoms. The van der Waals surface area contributed by atoms with Crippen LogP contribution in [0.3, 0.4) is 0 Å². The van der Waals surface area contributed by atoms with Crippen LogP contribution >= 0.6 is 0 Å². The number of carbonyl (C=O) groups is 2. The number of hydrogen-bond donors (Lipinski definition) is 6. The molecule has 214 valence electrons. The third kappa shape index (κ3) is 6.59. The van der Waals surface area contributed by atoms with Crippen LogP contribution in [0.25, 0.3) is 10.9 Å². The van der Waals surface area contributed by atoms with Crippen LogP contribution in [0.4, 0.5) is 0 Å². The number of aromatic amines is 1. The number of aromatic nitrogens is 2. The number of carbonyl (C=O) groups excluding carboxylic acids is 1. The molecule has 13 heteroatoms. The second-order valence-corrected chi connectivity index (χ2v) is 11.7. The van der Waals surface area contributed by atoms with Gasteiger partial charge in [0.2, 0.25) is 15.7 Å². The highest BCUT2D eigenvalue weighted by molar-refractivity contribution is 7.89. The largest absolute Gasteiger partial charge is 0.478 e. The van der Waals surface area contributed by atoms with Crippen molar-refractivity contribution in [3.63, 3.8) is 0 Å². The predicted octanol–water partition coefficient (Wildman–Crippen LogP) is 2.09. The Balaban J connectivity index is 1.61. The summed E-state index contributed by atoms with van der Waals surface area (Å²) >= 11 is 0. The predicted molar refractivity (Wildman–Crippen MR) is 152 cm³/mol. The van der Waals surface area contributed by atoms with Crippen LogP contribution in [0.1, 0.15) is 52.7 Å². The Labute approximate surface area is 233 Å². The number of guanidine groups is 1. The van der Waals surface area contributed by atoms with Crippen molar-refractivity contribution in [2.45, 2.75) is 57.0 Å². The Bertz CT molecular complexity index is 1530. The van der Waals surface area contributed by atoms with Gasteiger partial charge in [-0.25, -0.2) is 13.2 Å². The lowest BCUT2D eigenvalue weighted by molar-refractivity contribution is -0.145. The van der Waals surface area contributed by atoms with Crippen molar-refractivity contribution >= 4 is 38.8 Å². The lowest BCUT2D eigenvalue weighted by Gasteiger charge is -2.32. The van der Waals surface area contributed by atoms with E-state index < -0.39 is 27.6 Å². The van der Waals surface area contributed by atoms with Crippen LogP contribution in [0, 0.1) is 20.8 Å². The molecule has 6 N–H and O–H groups in total. The van der Waals surface area contributed by atoms with Crippen molar-refractivity contribution < 1.29 is 23.1 Å². The van der Waals surface area contributed by atoms with Crippen molar-refractivity contribution in [3.05, 3.63) is 58.8 Å². The Morgan fingerprint density at radius 2 is 1.85 bits per heavy atom. The first kappa shape index (κ1) is 29.0. The average molecular weight is 570 g/mol. The third-order valence-electron chi connectivity index (χ3n) is 6.74. The second-order valence-electron chi connectivity index (χ2n) is 10.1. The number of aryl methyl sites for hydroxylation is 3. The van der Waals surface area contributed by atoms with E-state index in [9.17, 15) is 23.1 Å². The van der Waals surface area contributed by atoms with Gasteiger partial charge in [0, 0.05) is 30.6 Å². The molecular weight excluding hydrogens is 534 g/mol. The first-order valence-corrected chi connectivity index (χ1v) is 14.6. The number of aliphatic carboxylic acids is 1. The van der Waals surface area contributed by atoms with E-state index in [2.05, 4.69) is 35.9 Å². The fourth-order valence-electron chi connectivity index (χ4n) is 4.94. The zero-order valence-electron chi connectivity index (χ0n) is 22.8. The molecular formula is C27H35N7O5S. The topological polar surface area (TPSA) is 178 Å². The second kappa shape index (κ2) is 12.0. The minimum absolute atomic E-state index is 0.0131. The molecule has 3 aromatic rings. The van der Waals surface area contributed by atoms with Gasteiger partial charge in [0.25, 0.3) is 5.91 Å². The smallest absolute Gasteiger partial charge is 0.345 e. The Kier molecular flexibility index (Phi) is 8.74. The van der Waals surface area contributed by atoms with E-state index in [1.807, 2.05) is 6.92 Å². The van der Waals surface area contributed by atoms with Gasteiger partial charge in [0.1, 0.15) is 0 Å². The number of carboxylic acids is 1. The summed E-state index contributed by atoms with van der Waals surface area (Å²) in [5, 5.41) is 26.6. The molecule has 1 atom stereocenters. The summed E-state index contributed by atoms with van der Waals surface area (Å²) in [6.07, 6.45) is 3.12. The Hall–Kier alpha value is -3.97. The van der Waals surface area contributed by atoms with E-state index in [-0.39, 0.29) is 16.9 Å². The van der Waals surface area contributed by atoms with Crippen molar-refractivity contribution in [1.29, 1.82) is 0 Å². The zero-order valence-corrected chi connectivity index (χ0v) is 23.6. The van der Waals surface area contributed by atoms with Gasteiger partial charge in [0.15, 0.2) is 5.96 Å². The lowest BCUT2D eigenvalue weighted by atomic mass is 10.0. The van der Waals surface area contributed by atoms with E-state index in [0.29, 0.717) is 47.4 Å². The molecule has 0 aliphatic carbocycles.